The van der Waals surface area contributed by atoms with Gasteiger partial charge in [0.25, 0.3) is 0 Å². The number of rotatable bonds is 4. The van der Waals surface area contributed by atoms with Gasteiger partial charge in [0.2, 0.25) is 0 Å². The van der Waals surface area contributed by atoms with Gasteiger partial charge in [-0.1, -0.05) is 109 Å². The molecule has 0 fully saturated rings. The zero-order valence-corrected chi connectivity index (χ0v) is 17.0. The molecule has 0 aliphatic heterocycles. The first-order chi connectivity index (χ1) is 14.8. The number of hydrogen-bond acceptors (Lipinski definition) is 1. The van der Waals surface area contributed by atoms with Crippen LogP contribution in [0.2, 0.25) is 0 Å². The maximum atomic E-state index is 5.15. The van der Waals surface area contributed by atoms with Gasteiger partial charge in [-0.2, -0.15) is 0 Å². The molecule has 0 saturated heterocycles. The van der Waals surface area contributed by atoms with Crippen molar-refractivity contribution in [3.05, 3.63) is 126 Å². The molecule has 1 heteroatoms. The molecule has 1 aromatic heterocycles. The lowest BCUT2D eigenvalue weighted by Crippen LogP contribution is -2.01. The van der Waals surface area contributed by atoms with Crippen LogP contribution in [0, 0.1) is 6.92 Å². The molecular weight excluding hydrogens is 362 g/mol. The summed E-state index contributed by atoms with van der Waals surface area (Å²) in [5.74, 6) is 0. The van der Waals surface area contributed by atoms with Crippen molar-refractivity contribution in [1.29, 1.82) is 0 Å². The summed E-state index contributed by atoms with van der Waals surface area (Å²) in [5.41, 5.74) is 9.60. The molecule has 0 unspecified atom stereocenters. The maximum absolute atomic E-state index is 5.15. The Morgan fingerprint density at radius 3 is 1.97 bits per heavy atom. The van der Waals surface area contributed by atoms with E-state index in [0.717, 1.165) is 23.2 Å². The van der Waals surface area contributed by atoms with E-state index in [1.165, 1.54) is 33.2 Å². The minimum atomic E-state index is 0.839. The van der Waals surface area contributed by atoms with E-state index in [2.05, 4.69) is 116 Å². The lowest BCUT2D eigenvalue weighted by Gasteiger charge is -2.18. The number of pyridine rings is 1. The number of aryl methyl sites for hydroxylation is 1. The molecule has 144 valence electrons. The topological polar surface area (TPSA) is 12.9 Å². The lowest BCUT2D eigenvalue weighted by atomic mass is 9.88. The predicted molar refractivity (Wildman–Crippen MR) is 127 cm³/mol. The molecule has 0 spiro atoms. The van der Waals surface area contributed by atoms with E-state index in [9.17, 15) is 0 Å². The number of hydrogen-bond donors (Lipinski definition) is 0. The van der Waals surface area contributed by atoms with E-state index in [1.807, 2.05) is 0 Å². The summed E-state index contributed by atoms with van der Waals surface area (Å²) in [6, 6.07) is 38.6. The van der Waals surface area contributed by atoms with Crippen LogP contribution in [0.3, 0.4) is 0 Å². The number of nitrogens with zero attached hydrogens (tertiary/aromatic N) is 1. The van der Waals surface area contributed by atoms with Crippen molar-refractivity contribution in [2.45, 2.75) is 13.3 Å². The SMILES string of the molecule is Cc1ccc(-c2c(Cc3ccccc3)c(-c3ccccc3)nc3ccccc23)cc1. The number of fused-ring (bicyclic) bond motifs is 1. The van der Waals surface area contributed by atoms with Gasteiger partial charge in [-0.3, -0.25) is 0 Å². The lowest BCUT2D eigenvalue weighted by molar-refractivity contribution is 1.17. The smallest absolute Gasteiger partial charge is 0.0751 e. The molecule has 4 aromatic carbocycles. The summed E-state index contributed by atoms with van der Waals surface area (Å²) < 4.78 is 0. The molecule has 1 nitrogen and oxygen atoms in total. The Balaban J connectivity index is 1.86. The minimum absolute atomic E-state index is 0.839. The van der Waals surface area contributed by atoms with Crippen LogP contribution in [-0.4, -0.2) is 4.98 Å². The summed E-state index contributed by atoms with van der Waals surface area (Å²) in [6.07, 6.45) is 0.839. The second-order valence-electron chi connectivity index (χ2n) is 7.73. The van der Waals surface area contributed by atoms with Gasteiger partial charge in [-0.15, -0.1) is 0 Å². The summed E-state index contributed by atoms with van der Waals surface area (Å²) in [6.45, 7) is 2.13. The van der Waals surface area contributed by atoms with E-state index in [-0.39, 0.29) is 0 Å². The van der Waals surface area contributed by atoms with E-state index < -0.39 is 0 Å². The van der Waals surface area contributed by atoms with Crippen molar-refractivity contribution in [3.63, 3.8) is 0 Å². The van der Waals surface area contributed by atoms with Gasteiger partial charge in [-0.05, 0) is 35.2 Å². The van der Waals surface area contributed by atoms with Gasteiger partial charge < -0.3 is 0 Å². The number of benzene rings is 4. The molecule has 5 aromatic rings. The molecule has 0 saturated carbocycles. The van der Waals surface area contributed by atoms with Crippen LogP contribution in [0.25, 0.3) is 33.3 Å². The standard InChI is InChI=1S/C29H23N/c1-21-16-18-23(19-17-21)28-25-14-8-9-15-27(25)30-29(24-12-6-3-7-13-24)26(28)20-22-10-4-2-5-11-22/h2-19H,20H2,1H3. The van der Waals surface area contributed by atoms with Crippen molar-refractivity contribution in [2.24, 2.45) is 0 Å². The largest absolute Gasteiger partial charge is 0.247 e. The fourth-order valence-electron chi connectivity index (χ4n) is 4.11. The zero-order chi connectivity index (χ0) is 20.3. The molecule has 0 amide bonds. The molecule has 30 heavy (non-hydrogen) atoms. The quantitative estimate of drug-likeness (QED) is 0.313. The van der Waals surface area contributed by atoms with Gasteiger partial charge in [-0.25, -0.2) is 4.98 Å². The van der Waals surface area contributed by atoms with Crippen LogP contribution in [-0.2, 0) is 6.42 Å². The van der Waals surface area contributed by atoms with Crippen LogP contribution in [0.1, 0.15) is 16.7 Å². The van der Waals surface area contributed by atoms with Crippen LogP contribution < -0.4 is 0 Å². The van der Waals surface area contributed by atoms with Crippen molar-refractivity contribution in [3.8, 4) is 22.4 Å². The van der Waals surface area contributed by atoms with Crippen molar-refractivity contribution in [2.75, 3.05) is 0 Å². The first kappa shape index (κ1) is 18.3. The third kappa shape index (κ3) is 3.51. The Labute approximate surface area is 177 Å². The van der Waals surface area contributed by atoms with Gasteiger partial charge in [0, 0.05) is 17.4 Å². The van der Waals surface area contributed by atoms with Crippen molar-refractivity contribution in [1.82, 2.24) is 4.98 Å². The molecule has 0 N–H and O–H groups in total. The number of aromatic nitrogens is 1. The Hall–Kier alpha value is -3.71. The molecule has 0 atom stereocenters. The highest BCUT2D eigenvalue weighted by Crippen LogP contribution is 2.38. The normalized spacial score (nSPS) is 11.0. The van der Waals surface area contributed by atoms with Gasteiger partial charge in [0.05, 0.1) is 11.2 Å². The summed E-state index contributed by atoms with van der Waals surface area (Å²) in [4.78, 5) is 5.15. The van der Waals surface area contributed by atoms with Crippen molar-refractivity contribution >= 4 is 10.9 Å². The second-order valence-corrected chi connectivity index (χ2v) is 7.73. The van der Waals surface area contributed by atoms with Gasteiger partial charge in [0.1, 0.15) is 0 Å². The Bertz CT molecular complexity index is 1290. The molecule has 0 aliphatic rings. The maximum Gasteiger partial charge on any atom is 0.0751 e. The van der Waals surface area contributed by atoms with E-state index in [0.29, 0.717) is 0 Å². The fraction of sp³-hybridized carbons (Fsp3) is 0.0690. The molecule has 1 heterocycles. The summed E-state index contributed by atoms with van der Waals surface area (Å²) >= 11 is 0. The average Bonchev–Trinajstić information content (AvgIpc) is 2.81. The van der Waals surface area contributed by atoms with Crippen LogP contribution in [0.4, 0.5) is 0 Å². The molecule has 5 rings (SSSR count). The zero-order valence-electron chi connectivity index (χ0n) is 17.0. The summed E-state index contributed by atoms with van der Waals surface area (Å²) in [7, 11) is 0. The Morgan fingerprint density at radius 2 is 1.23 bits per heavy atom. The number of para-hydroxylation sites is 1. The van der Waals surface area contributed by atoms with Crippen molar-refractivity contribution < 1.29 is 0 Å². The Kier molecular flexibility index (Phi) is 4.86. The van der Waals surface area contributed by atoms with Gasteiger partial charge in [0.15, 0.2) is 0 Å². The van der Waals surface area contributed by atoms with E-state index in [1.54, 1.807) is 0 Å². The molecule has 0 bridgehead atoms. The highest BCUT2D eigenvalue weighted by molar-refractivity contribution is 5.99. The van der Waals surface area contributed by atoms with Crippen LogP contribution in [0.5, 0.6) is 0 Å². The van der Waals surface area contributed by atoms with Crippen LogP contribution in [0.15, 0.2) is 109 Å². The average molecular weight is 386 g/mol. The second kappa shape index (κ2) is 7.96. The summed E-state index contributed by atoms with van der Waals surface area (Å²) in [5, 5.41) is 1.20. The highest BCUT2D eigenvalue weighted by atomic mass is 14.7. The third-order valence-electron chi connectivity index (χ3n) is 5.60. The van der Waals surface area contributed by atoms with Crippen LogP contribution >= 0.6 is 0 Å². The first-order valence-electron chi connectivity index (χ1n) is 10.4. The minimum Gasteiger partial charge on any atom is -0.247 e. The molecule has 0 radical (unpaired) electrons. The van der Waals surface area contributed by atoms with E-state index >= 15 is 0 Å². The monoisotopic (exact) mass is 385 g/mol. The predicted octanol–water partition coefficient (Wildman–Crippen LogP) is 7.47. The molecule has 0 aliphatic carbocycles. The third-order valence-corrected chi connectivity index (χ3v) is 5.60. The first-order valence-corrected chi connectivity index (χ1v) is 10.4. The molecular formula is C29H23N. The highest BCUT2D eigenvalue weighted by Gasteiger charge is 2.18. The fourth-order valence-corrected chi connectivity index (χ4v) is 4.11. The van der Waals surface area contributed by atoms with Gasteiger partial charge >= 0.3 is 0 Å². The van der Waals surface area contributed by atoms with E-state index in [4.69, 9.17) is 4.98 Å². The Morgan fingerprint density at radius 1 is 0.600 bits per heavy atom.